The number of fused-ring (bicyclic) bond motifs is 1. The lowest BCUT2D eigenvalue weighted by atomic mass is 9.96. The number of hydrogen-bond donors (Lipinski definition) is 1. The molecule has 5 heteroatoms. The first-order valence-corrected chi connectivity index (χ1v) is 10.5. The molecule has 0 spiro atoms. The van der Waals surface area contributed by atoms with Crippen molar-refractivity contribution in [3.05, 3.63) is 0 Å². The molecule has 4 rings (SSSR count). The van der Waals surface area contributed by atoms with Gasteiger partial charge in [0.15, 0.2) is 0 Å². The molecule has 3 heterocycles. The normalized spacial score (nSPS) is 34.8. The van der Waals surface area contributed by atoms with Gasteiger partial charge in [-0.2, -0.15) is 0 Å². The third-order valence-corrected chi connectivity index (χ3v) is 6.96. The molecule has 1 N–H and O–H groups in total. The lowest BCUT2D eigenvalue weighted by Gasteiger charge is -2.35. The Morgan fingerprint density at radius 3 is 2.48 bits per heavy atom. The first-order chi connectivity index (χ1) is 12.2. The average molecular weight is 348 g/mol. The third-order valence-electron chi connectivity index (χ3n) is 6.96. The molecule has 0 bridgehead atoms. The minimum Gasteiger partial charge on any atom is -0.353 e. The number of likely N-dealkylation sites (tertiary alicyclic amines) is 1. The van der Waals surface area contributed by atoms with Crippen LogP contribution in [0.2, 0.25) is 0 Å². The molecule has 5 nitrogen and oxygen atoms in total. The van der Waals surface area contributed by atoms with Crippen molar-refractivity contribution in [3.63, 3.8) is 0 Å². The standard InChI is InChI=1S/C20H33N3O2/c24-19-12-15(14-23(19)17-6-3-1-2-4-7-17)20(25)21-16-9-11-22-10-5-8-18(22)13-16/h15-18H,1-14H2,(H,21,25)/t15-,16+,18-/m0/s1. The Morgan fingerprint density at radius 1 is 0.920 bits per heavy atom. The zero-order valence-corrected chi connectivity index (χ0v) is 15.4. The first kappa shape index (κ1) is 17.3. The number of carbonyl (C=O) groups excluding carboxylic acids is 2. The van der Waals surface area contributed by atoms with Gasteiger partial charge in [-0.1, -0.05) is 25.7 Å². The Bertz CT molecular complexity index is 501. The summed E-state index contributed by atoms with van der Waals surface area (Å²) >= 11 is 0. The van der Waals surface area contributed by atoms with Crippen LogP contribution in [0.1, 0.15) is 70.6 Å². The molecule has 2 amide bonds. The van der Waals surface area contributed by atoms with Crippen LogP contribution in [0.15, 0.2) is 0 Å². The van der Waals surface area contributed by atoms with Crippen molar-refractivity contribution in [2.24, 2.45) is 5.92 Å². The van der Waals surface area contributed by atoms with E-state index in [-0.39, 0.29) is 17.7 Å². The van der Waals surface area contributed by atoms with Crippen LogP contribution >= 0.6 is 0 Å². The van der Waals surface area contributed by atoms with Gasteiger partial charge in [0.05, 0.1) is 5.92 Å². The van der Waals surface area contributed by atoms with Crippen molar-refractivity contribution in [1.82, 2.24) is 15.1 Å². The summed E-state index contributed by atoms with van der Waals surface area (Å²) in [7, 11) is 0. The van der Waals surface area contributed by atoms with E-state index in [9.17, 15) is 9.59 Å². The second-order valence-electron chi connectivity index (χ2n) is 8.65. The van der Waals surface area contributed by atoms with Gasteiger partial charge in [0, 0.05) is 37.6 Å². The monoisotopic (exact) mass is 347 g/mol. The summed E-state index contributed by atoms with van der Waals surface area (Å²) in [5.41, 5.74) is 0. The highest BCUT2D eigenvalue weighted by Crippen LogP contribution is 2.30. The van der Waals surface area contributed by atoms with E-state index in [0.717, 1.165) is 32.2 Å². The summed E-state index contributed by atoms with van der Waals surface area (Å²) in [6, 6.07) is 1.37. The van der Waals surface area contributed by atoms with E-state index in [1.165, 1.54) is 45.1 Å². The molecule has 0 unspecified atom stereocenters. The summed E-state index contributed by atoms with van der Waals surface area (Å²) in [6.45, 7) is 3.00. The van der Waals surface area contributed by atoms with Crippen molar-refractivity contribution in [1.29, 1.82) is 0 Å². The molecular formula is C20H33N3O2. The summed E-state index contributed by atoms with van der Waals surface area (Å²) in [6.07, 6.45) is 12.5. The molecule has 1 aliphatic carbocycles. The van der Waals surface area contributed by atoms with Crippen molar-refractivity contribution in [2.45, 2.75) is 88.8 Å². The minimum absolute atomic E-state index is 0.126. The molecule has 140 valence electrons. The minimum atomic E-state index is -0.127. The van der Waals surface area contributed by atoms with E-state index in [1.54, 1.807) is 0 Å². The molecule has 25 heavy (non-hydrogen) atoms. The number of carbonyl (C=O) groups is 2. The highest BCUT2D eigenvalue weighted by molar-refractivity contribution is 5.89. The topological polar surface area (TPSA) is 52.7 Å². The van der Waals surface area contributed by atoms with Crippen LogP contribution < -0.4 is 5.32 Å². The van der Waals surface area contributed by atoms with Gasteiger partial charge in [-0.15, -0.1) is 0 Å². The van der Waals surface area contributed by atoms with Crippen molar-refractivity contribution in [2.75, 3.05) is 19.6 Å². The van der Waals surface area contributed by atoms with E-state index in [2.05, 4.69) is 10.2 Å². The fourth-order valence-corrected chi connectivity index (χ4v) is 5.50. The summed E-state index contributed by atoms with van der Waals surface area (Å²) in [4.78, 5) is 29.8. The van der Waals surface area contributed by atoms with Gasteiger partial charge in [0.25, 0.3) is 0 Å². The average Bonchev–Trinajstić information content (AvgIpc) is 3.13. The number of amides is 2. The maximum absolute atomic E-state index is 12.7. The van der Waals surface area contributed by atoms with Gasteiger partial charge in [0.2, 0.25) is 11.8 Å². The smallest absolute Gasteiger partial charge is 0.225 e. The van der Waals surface area contributed by atoms with Crippen LogP contribution in [0.3, 0.4) is 0 Å². The second kappa shape index (κ2) is 7.65. The zero-order chi connectivity index (χ0) is 17.2. The summed E-state index contributed by atoms with van der Waals surface area (Å²) in [5.74, 6) is 0.205. The number of nitrogens with one attached hydrogen (secondary N) is 1. The van der Waals surface area contributed by atoms with Crippen LogP contribution in [0, 0.1) is 5.92 Å². The van der Waals surface area contributed by atoms with Gasteiger partial charge in [-0.3, -0.25) is 9.59 Å². The molecular weight excluding hydrogens is 314 g/mol. The van der Waals surface area contributed by atoms with Crippen molar-refractivity contribution in [3.8, 4) is 0 Å². The second-order valence-corrected chi connectivity index (χ2v) is 8.65. The Labute approximate surface area is 151 Å². The molecule has 1 saturated carbocycles. The van der Waals surface area contributed by atoms with E-state index >= 15 is 0 Å². The van der Waals surface area contributed by atoms with Gasteiger partial charge in [0.1, 0.15) is 0 Å². The fourth-order valence-electron chi connectivity index (χ4n) is 5.50. The van der Waals surface area contributed by atoms with E-state index in [1.807, 2.05) is 4.90 Å². The highest BCUT2D eigenvalue weighted by Gasteiger charge is 2.39. The molecule has 3 saturated heterocycles. The lowest BCUT2D eigenvalue weighted by Crippen LogP contribution is -2.49. The molecule has 4 aliphatic rings. The molecule has 0 aromatic carbocycles. The molecule has 3 atom stereocenters. The largest absolute Gasteiger partial charge is 0.353 e. The van der Waals surface area contributed by atoms with E-state index in [4.69, 9.17) is 0 Å². The van der Waals surface area contributed by atoms with E-state index < -0.39 is 0 Å². The molecule has 0 radical (unpaired) electrons. The van der Waals surface area contributed by atoms with Crippen LogP contribution in [0.4, 0.5) is 0 Å². The Morgan fingerprint density at radius 2 is 1.68 bits per heavy atom. The predicted octanol–water partition coefficient (Wildman–Crippen LogP) is 2.30. The number of piperidine rings is 1. The number of rotatable bonds is 3. The molecule has 0 aromatic rings. The van der Waals surface area contributed by atoms with Crippen molar-refractivity contribution < 1.29 is 9.59 Å². The number of nitrogens with zero attached hydrogens (tertiary/aromatic N) is 2. The van der Waals surface area contributed by atoms with Crippen LogP contribution in [0.5, 0.6) is 0 Å². The number of hydrogen-bond acceptors (Lipinski definition) is 3. The summed E-state index contributed by atoms with van der Waals surface area (Å²) < 4.78 is 0. The van der Waals surface area contributed by atoms with Crippen LogP contribution in [-0.2, 0) is 9.59 Å². The quantitative estimate of drug-likeness (QED) is 0.797. The Hall–Kier alpha value is -1.10. The lowest BCUT2D eigenvalue weighted by molar-refractivity contribution is -0.130. The third kappa shape index (κ3) is 3.86. The van der Waals surface area contributed by atoms with Gasteiger partial charge < -0.3 is 15.1 Å². The van der Waals surface area contributed by atoms with Gasteiger partial charge in [-0.25, -0.2) is 0 Å². The highest BCUT2D eigenvalue weighted by atomic mass is 16.2. The molecule has 3 aliphatic heterocycles. The molecule has 4 fully saturated rings. The fraction of sp³-hybridized carbons (Fsp3) is 0.900. The maximum Gasteiger partial charge on any atom is 0.225 e. The van der Waals surface area contributed by atoms with Gasteiger partial charge in [-0.05, 0) is 45.1 Å². The SMILES string of the molecule is O=C(N[C@@H]1CCN2CCC[C@H]2C1)[C@H]1CC(=O)N(C2CCCCCC2)C1. The Kier molecular flexibility index (Phi) is 5.30. The zero-order valence-electron chi connectivity index (χ0n) is 15.4. The van der Waals surface area contributed by atoms with Crippen LogP contribution in [-0.4, -0.2) is 59.4 Å². The van der Waals surface area contributed by atoms with Gasteiger partial charge >= 0.3 is 0 Å². The maximum atomic E-state index is 12.7. The van der Waals surface area contributed by atoms with E-state index in [0.29, 0.717) is 31.1 Å². The predicted molar refractivity (Wildman–Crippen MR) is 97.1 cm³/mol. The Balaban J connectivity index is 1.29. The van der Waals surface area contributed by atoms with Crippen LogP contribution in [0.25, 0.3) is 0 Å². The summed E-state index contributed by atoms with van der Waals surface area (Å²) in [5, 5.41) is 3.29. The first-order valence-electron chi connectivity index (χ1n) is 10.5. The van der Waals surface area contributed by atoms with Crippen molar-refractivity contribution >= 4 is 11.8 Å². The molecule has 0 aromatic heterocycles.